The Morgan fingerprint density at radius 3 is 1.84 bits per heavy atom. The van der Waals surface area contributed by atoms with Crippen LogP contribution in [0.15, 0.2) is 162 Å². The molecular weight excluding hydrogens is 629 g/mol. The van der Waals surface area contributed by atoms with E-state index in [2.05, 4.69) is 152 Å². The van der Waals surface area contributed by atoms with Crippen LogP contribution in [-0.4, -0.2) is 9.97 Å². The molecule has 0 saturated heterocycles. The van der Waals surface area contributed by atoms with Crippen molar-refractivity contribution in [3.05, 3.63) is 158 Å². The molecule has 0 saturated carbocycles. The summed E-state index contributed by atoms with van der Waals surface area (Å²) < 4.78 is 9.14. The standard InChI is InChI=1S/C46H26N2OS/c1-2-13-34-32(11-1)33-12-3-4-14-35(33)39-24-27(19-21-36(34)39)28-20-22-41-40(25-28)44-45(49-41)43(47-26-48-44)30-10-7-9-29(23-30)31-16-8-17-38-37-15-5-6-18-42(37)50-46(31)38/h1-26H. The summed E-state index contributed by atoms with van der Waals surface area (Å²) in [6.45, 7) is 0. The zero-order valence-corrected chi connectivity index (χ0v) is 27.5. The van der Waals surface area contributed by atoms with Crippen molar-refractivity contribution in [3.8, 4) is 33.5 Å². The van der Waals surface area contributed by atoms with E-state index in [1.54, 1.807) is 6.33 Å². The van der Waals surface area contributed by atoms with Crippen LogP contribution in [0.25, 0.3) is 108 Å². The van der Waals surface area contributed by atoms with Crippen LogP contribution in [0.2, 0.25) is 0 Å². The Morgan fingerprint density at radius 1 is 0.420 bits per heavy atom. The normalized spacial score (nSPS) is 12.0. The Kier molecular flexibility index (Phi) is 5.83. The van der Waals surface area contributed by atoms with Crippen LogP contribution in [-0.2, 0) is 0 Å². The predicted octanol–water partition coefficient (Wildman–Crippen LogP) is 13.2. The second kappa shape index (κ2) is 10.6. The molecular formula is C46H26N2OS. The van der Waals surface area contributed by atoms with Crippen molar-refractivity contribution in [2.45, 2.75) is 0 Å². The van der Waals surface area contributed by atoms with Crippen LogP contribution in [0, 0.1) is 0 Å². The summed E-state index contributed by atoms with van der Waals surface area (Å²) >= 11 is 1.85. The molecule has 0 radical (unpaired) electrons. The van der Waals surface area contributed by atoms with Crippen LogP contribution >= 0.6 is 11.3 Å². The second-order valence-corrected chi connectivity index (χ2v) is 14.0. The molecule has 3 aromatic heterocycles. The molecule has 3 nitrogen and oxygen atoms in total. The fourth-order valence-electron chi connectivity index (χ4n) is 7.86. The molecule has 0 bridgehead atoms. The number of nitrogens with zero attached hydrogens (tertiary/aromatic N) is 2. The van der Waals surface area contributed by atoms with Crippen LogP contribution in [0.1, 0.15) is 0 Å². The fraction of sp³-hybridized carbons (Fsp3) is 0. The van der Waals surface area contributed by atoms with E-state index in [-0.39, 0.29) is 0 Å². The smallest absolute Gasteiger partial charge is 0.180 e. The van der Waals surface area contributed by atoms with E-state index in [1.807, 2.05) is 11.3 Å². The molecule has 0 spiro atoms. The van der Waals surface area contributed by atoms with Gasteiger partial charge < -0.3 is 4.42 Å². The average Bonchev–Trinajstić information content (AvgIpc) is 3.76. The topological polar surface area (TPSA) is 38.9 Å². The zero-order chi connectivity index (χ0) is 32.8. The Hall–Kier alpha value is -6.36. The van der Waals surface area contributed by atoms with Crippen LogP contribution in [0.5, 0.6) is 0 Å². The molecule has 50 heavy (non-hydrogen) atoms. The summed E-state index contributed by atoms with van der Waals surface area (Å²) in [6, 6.07) is 54.5. The van der Waals surface area contributed by atoms with E-state index in [1.165, 1.54) is 58.1 Å². The highest BCUT2D eigenvalue weighted by atomic mass is 32.1. The zero-order valence-electron chi connectivity index (χ0n) is 26.7. The van der Waals surface area contributed by atoms with E-state index in [9.17, 15) is 0 Å². The molecule has 0 atom stereocenters. The first kappa shape index (κ1) is 27.6. The molecule has 0 aliphatic carbocycles. The molecule has 0 amide bonds. The Morgan fingerprint density at radius 2 is 1.04 bits per heavy atom. The molecule has 0 N–H and O–H groups in total. The number of rotatable bonds is 3. The van der Waals surface area contributed by atoms with E-state index >= 15 is 0 Å². The minimum absolute atomic E-state index is 0.702. The third-order valence-electron chi connectivity index (χ3n) is 10.2. The van der Waals surface area contributed by atoms with Gasteiger partial charge in [-0.25, -0.2) is 9.97 Å². The molecule has 232 valence electrons. The molecule has 0 fully saturated rings. The van der Waals surface area contributed by atoms with Crippen molar-refractivity contribution in [2.24, 2.45) is 0 Å². The van der Waals surface area contributed by atoms with E-state index in [0.29, 0.717) is 5.58 Å². The SMILES string of the molecule is c1cc(-c2ncnc3c2oc2ccc(-c4ccc5c6ccccc6c6ccccc6c5c4)cc23)cc(-c2cccc3c2sc2ccccc23)c1. The predicted molar refractivity (Wildman–Crippen MR) is 211 cm³/mol. The quantitative estimate of drug-likeness (QED) is 0.178. The molecule has 3 heterocycles. The highest BCUT2D eigenvalue weighted by Gasteiger charge is 2.18. The Balaban J connectivity index is 1.05. The van der Waals surface area contributed by atoms with Crippen LogP contribution in [0.4, 0.5) is 0 Å². The first-order chi connectivity index (χ1) is 24.8. The highest BCUT2D eigenvalue weighted by molar-refractivity contribution is 7.26. The van der Waals surface area contributed by atoms with Crippen molar-refractivity contribution < 1.29 is 4.42 Å². The maximum Gasteiger partial charge on any atom is 0.180 e. The molecule has 11 rings (SSSR count). The van der Waals surface area contributed by atoms with E-state index < -0.39 is 0 Å². The van der Waals surface area contributed by atoms with Crippen molar-refractivity contribution >= 4 is 85.9 Å². The molecule has 11 aromatic rings. The largest absolute Gasteiger partial charge is 0.452 e. The number of hydrogen-bond donors (Lipinski definition) is 0. The summed E-state index contributed by atoms with van der Waals surface area (Å²) in [5.74, 6) is 0. The fourth-order valence-corrected chi connectivity index (χ4v) is 9.10. The van der Waals surface area contributed by atoms with Crippen molar-refractivity contribution in [3.63, 3.8) is 0 Å². The van der Waals surface area contributed by atoms with Crippen molar-refractivity contribution in [1.82, 2.24) is 9.97 Å². The van der Waals surface area contributed by atoms with Gasteiger partial charge in [0.25, 0.3) is 0 Å². The highest BCUT2D eigenvalue weighted by Crippen LogP contribution is 2.42. The number of aromatic nitrogens is 2. The van der Waals surface area contributed by atoms with Crippen LogP contribution in [0.3, 0.4) is 0 Å². The summed E-state index contributed by atoms with van der Waals surface area (Å²) in [6.07, 6.45) is 1.66. The van der Waals surface area contributed by atoms with Gasteiger partial charge in [-0.2, -0.15) is 0 Å². The van der Waals surface area contributed by atoms with Crippen molar-refractivity contribution in [1.29, 1.82) is 0 Å². The van der Waals surface area contributed by atoms with Gasteiger partial charge in [0.1, 0.15) is 23.1 Å². The third-order valence-corrected chi connectivity index (χ3v) is 11.4. The molecule has 0 aliphatic rings. The summed E-state index contributed by atoms with van der Waals surface area (Å²) in [7, 11) is 0. The minimum Gasteiger partial charge on any atom is -0.452 e. The first-order valence-corrected chi connectivity index (χ1v) is 17.6. The van der Waals surface area contributed by atoms with Gasteiger partial charge >= 0.3 is 0 Å². The molecule has 0 unspecified atom stereocenters. The van der Waals surface area contributed by atoms with Gasteiger partial charge in [-0.3, -0.25) is 0 Å². The average molecular weight is 655 g/mol. The lowest BCUT2D eigenvalue weighted by Gasteiger charge is -2.12. The lowest BCUT2D eigenvalue weighted by Crippen LogP contribution is -1.88. The van der Waals surface area contributed by atoms with Gasteiger partial charge in [-0.15, -0.1) is 11.3 Å². The maximum atomic E-state index is 6.54. The Labute approximate surface area is 290 Å². The van der Waals surface area contributed by atoms with Gasteiger partial charge in [0, 0.05) is 31.1 Å². The van der Waals surface area contributed by atoms with Gasteiger partial charge in [-0.1, -0.05) is 121 Å². The monoisotopic (exact) mass is 654 g/mol. The first-order valence-electron chi connectivity index (χ1n) is 16.8. The second-order valence-electron chi connectivity index (χ2n) is 12.9. The van der Waals surface area contributed by atoms with Crippen molar-refractivity contribution in [2.75, 3.05) is 0 Å². The van der Waals surface area contributed by atoms with E-state index in [4.69, 9.17) is 14.4 Å². The number of hydrogen-bond acceptors (Lipinski definition) is 4. The molecule has 4 heteroatoms. The van der Waals surface area contributed by atoms with Gasteiger partial charge in [0.05, 0.1) is 0 Å². The van der Waals surface area contributed by atoms with Gasteiger partial charge in [0.2, 0.25) is 0 Å². The van der Waals surface area contributed by atoms with Gasteiger partial charge in [0.15, 0.2) is 5.58 Å². The maximum absolute atomic E-state index is 6.54. The summed E-state index contributed by atoms with van der Waals surface area (Å²) in [4.78, 5) is 9.53. The lowest BCUT2D eigenvalue weighted by molar-refractivity contribution is 0.667. The summed E-state index contributed by atoms with van der Waals surface area (Å²) in [5.41, 5.74) is 8.78. The summed E-state index contributed by atoms with van der Waals surface area (Å²) in [5, 5.41) is 11.2. The van der Waals surface area contributed by atoms with Gasteiger partial charge in [-0.05, 0) is 84.9 Å². The minimum atomic E-state index is 0.702. The number of fused-ring (bicyclic) bond motifs is 12. The number of benzene rings is 8. The molecule has 8 aromatic carbocycles. The van der Waals surface area contributed by atoms with Crippen LogP contribution < -0.4 is 0 Å². The van der Waals surface area contributed by atoms with E-state index in [0.717, 1.165) is 44.4 Å². The number of thiophene rings is 1. The number of furan rings is 1. The molecule has 0 aliphatic heterocycles. The third kappa shape index (κ3) is 4.03. The lowest BCUT2D eigenvalue weighted by atomic mass is 9.92. The Bertz CT molecular complexity index is 3130.